The van der Waals surface area contributed by atoms with E-state index in [1.165, 1.54) is 11.0 Å². The number of amides is 2. The zero-order valence-corrected chi connectivity index (χ0v) is 17.0. The Morgan fingerprint density at radius 2 is 1.76 bits per heavy atom. The highest BCUT2D eigenvalue weighted by atomic mass is 19.1. The van der Waals surface area contributed by atoms with Gasteiger partial charge < -0.3 is 19.7 Å². The number of methoxy groups -OCH3 is 1. The van der Waals surface area contributed by atoms with Crippen LogP contribution in [-0.4, -0.2) is 43.0 Å². The molecule has 2 aromatic carbocycles. The highest BCUT2D eigenvalue weighted by Gasteiger charge is 2.27. The average Bonchev–Trinajstić information content (AvgIpc) is 2.75. The summed E-state index contributed by atoms with van der Waals surface area (Å²) in [6, 6.07) is 12.2. The molecule has 0 fully saturated rings. The van der Waals surface area contributed by atoms with Crippen LogP contribution in [0.2, 0.25) is 0 Å². The van der Waals surface area contributed by atoms with Gasteiger partial charge in [-0.25, -0.2) is 4.39 Å². The molecule has 0 unspecified atom stereocenters. The van der Waals surface area contributed by atoms with Crippen LogP contribution in [0.5, 0.6) is 11.5 Å². The van der Waals surface area contributed by atoms with Gasteiger partial charge >= 0.3 is 0 Å². The summed E-state index contributed by atoms with van der Waals surface area (Å²) in [5.41, 5.74) is 0.334. The van der Waals surface area contributed by atoms with Crippen molar-refractivity contribution >= 4 is 11.8 Å². The van der Waals surface area contributed by atoms with E-state index in [9.17, 15) is 14.0 Å². The van der Waals surface area contributed by atoms with Gasteiger partial charge in [-0.1, -0.05) is 25.1 Å². The number of benzene rings is 2. The third-order valence-corrected chi connectivity index (χ3v) is 4.44. The van der Waals surface area contributed by atoms with E-state index in [2.05, 4.69) is 5.32 Å². The van der Waals surface area contributed by atoms with E-state index in [0.717, 1.165) is 6.42 Å². The summed E-state index contributed by atoms with van der Waals surface area (Å²) in [4.78, 5) is 26.6. The van der Waals surface area contributed by atoms with Crippen molar-refractivity contribution in [2.75, 3.05) is 20.3 Å². The highest BCUT2D eigenvalue weighted by molar-refractivity contribution is 5.87. The lowest BCUT2D eigenvalue weighted by atomic mass is 10.1. The first-order valence-corrected chi connectivity index (χ1v) is 9.53. The molecule has 1 N–H and O–H groups in total. The fraction of sp³-hybridized carbons (Fsp3) is 0.364. The monoisotopic (exact) mass is 402 g/mol. The molecule has 2 aromatic rings. The van der Waals surface area contributed by atoms with Gasteiger partial charge in [0.25, 0.3) is 5.91 Å². The van der Waals surface area contributed by atoms with E-state index in [4.69, 9.17) is 9.47 Å². The lowest BCUT2D eigenvalue weighted by Crippen LogP contribution is -2.49. The fourth-order valence-electron chi connectivity index (χ4n) is 2.69. The number of hydrogen-bond donors (Lipinski definition) is 1. The highest BCUT2D eigenvalue weighted by Crippen LogP contribution is 2.18. The molecule has 1 atom stereocenters. The largest absolute Gasteiger partial charge is 0.497 e. The molecular weight excluding hydrogens is 375 g/mol. The van der Waals surface area contributed by atoms with Crippen LogP contribution in [0.25, 0.3) is 0 Å². The molecule has 29 heavy (non-hydrogen) atoms. The summed E-state index contributed by atoms with van der Waals surface area (Å²) in [5, 5.41) is 2.77. The van der Waals surface area contributed by atoms with Crippen molar-refractivity contribution in [3.8, 4) is 11.5 Å². The number of hydrogen-bond acceptors (Lipinski definition) is 4. The molecule has 0 saturated heterocycles. The number of carbonyl (C=O) groups is 2. The van der Waals surface area contributed by atoms with E-state index < -0.39 is 17.8 Å². The van der Waals surface area contributed by atoms with Crippen LogP contribution in [0.1, 0.15) is 25.8 Å². The number of rotatable bonds is 10. The standard InChI is InChI=1S/C22H27FN2O4/c1-4-13-24-22(27)16(2)25(14-17-7-5-6-8-20(17)23)21(26)15-29-19-11-9-18(28-3)10-12-19/h5-12,16H,4,13-15H2,1-3H3,(H,24,27)/t16-/m0/s1. The van der Waals surface area contributed by atoms with E-state index in [0.29, 0.717) is 23.6 Å². The van der Waals surface area contributed by atoms with Crippen LogP contribution in [0.15, 0.2) is 48.5 Å². The Labute approximate surface area is 170 Å². The smallest absolute Gasteiger partial charge is 0.261 e. The third kappa shape index (κ3) is 6.48. The van der Waals surface area contributed by atoms with Crippen molar-refractivity contribution < 1.29 is 23.5 Å². The minimum absolute atomic E-state index is 0.0296. The molecule has 7 heteroatoms. The summed E-state index contributed by atoms with van der Waals surface area (Å²) in [5.74, 6) is 0.0332. The van der Waals surface area contributed by atoms with Gasteiger partial charge in [0.15, 0.2) is 6.61 Å². The van der Waals surface area contributed by atoms with E-state index in [1.807, 2.05) is 6.92 Å². The maximum Gasteiger partial charge on any atom is 0.261 e. The fourth-order valence-corrected chi connectivity index (χ4v) is 2.69. The summed E-state index contributed by atoms with van der Waals surface area (Å²) >= 11 is 0. The Kier molecular flexibility index (Phi) is 8.45. The molecule has 0 aromatic heterocycles. The Morgan fingerprint density at radius 3 is 2.38 bits per heavy atom. The van der Waals surface area contributed by atoms with Crippen LogP contribution < -0.4 is 14.8 Å². The number of carbonyl (C=O) groups excluding carboxylic acids is 2. The number of halogens is 1. The maximum atomic E-state index is 14.1. The van der Waals surface area contributed by atoms with Gasteiger partial charge in [-0.2, -0.15) is 0 Å². The summed E-state index contributed by atoms with van der Waals surface area (Å²) < 4.78 is 24.8. The van der Waals surface area contributed by atoms with Gasteiger partial charge in [0, 0.05) is 18.7 Å². The topological polar surface area (TPSA) is 67.9 Å². The molecule has 6 nitrogen and oxygen atoms in total. The molecule has 2 amide bonds. The van der Waals surface area contributed by atoms with Crippen LogP contribution in [-0.2, 0) is 16.1 Å². The predicted molar refractivity (Wildman–Crippen MR) is 108 cm³/mol. The van der Waals surface area contributed by atoms with Gasteiger partial charge in [-0.05, 0) is 43.7 Å². The number of nitrogens with one attached hydrogen (secondary N) is 1. The van der Waals surface area contributed by atoms with Crippen LogP contribution in [0.3, 0.4) is 0 Å². The van der Waals surface area contributed by atoms with Crippen molar-refractivity contribution in [2.45, 2.75) is 32.9 Å². The SMILES string of the molecule is CCCNC(=O)[C@H](C)N(Cc1ccccc1F)C(=O)COc1ccc(OC)cc1. The Morgan fingerprint density at radius 1 is 1.10 bits per heavy atom. The van der Waals surface area contributed by atoms with Gasteiger partial charge in [-0.3, -0.25) is 9.59 Å². The maximum absolute atomic E-state index is 14.1. The van der Waals surface area contributed by atoms with Crippen LogP contribution in [0.4, 0.5) is 4.39 Å². The number of nitrogens with zero attached hydrogens (tertiary/aromatic N) is 1. The second kappa shape index (κ2) is 11.0. The normalized spacial score (nSPS) is 11.4. The molecule has 0 bridgehead atoms. The number of ether oxygens (including phenoxy) is 2. The molecule has 0 aliphatic heterocycles. The lowest BCUT2D eigenvalue weighted by molar-refractivity contribution is -0.142. The third-order valence-electron chi connectivity index (χ3n) is 4.44. The first kappa shape index (κ1) is 22.2. The van der Waals surface area contributed by atoms with E-state index in [1.54, 1.807) is 56.5 Å². The molecule has 0 aliphatic rings. The molecule has 0 radical (unpaired) electrons. The van der Waals surface area contributed by atoms with Gasteiger partial charge in [0.2, 0.25) is 5.91 Å². The minimum atomic E-state index is -0.770. The first-order chi connectivity index (χ1) is 14.0. The van der Waals surface area contributed by atoms with E-state index >= 15 is 0 Å². The Balaban J connectivity index is 2.12. The van der Waals surface area contributed by atoms with Crippen molar-refractivity contribution in [1.82, 2.24) is 10.2 Å². The molecule has 0 saturated carbocycles. The first-order valence-electron chi connectivity index (χ1n) is 9.53. The van der Waals surface area contributed by atoms with Gasteiger partial charge in [-0.15, -0.1) is 0 Å². The zero-order chi connectivity index (χ0) is 21.2. The van der Waals surface area contributed by atoms with Crippen LogP contribution >= 0.6 is 0 Å². The average molecular weight is 402 g/mol. The van der Waals surface area contributed by atoms with Gasteiger partial charge in [0.1, 0.15) is 23.4 Å². The summed E-state index contributed by atoms with van der Waals surface area (Å²) in [6.45, 7) is 3.77. The minimum Gasteiger partial charge on any atom is -0.497 e. The second-order valence-corrected chi connectivity index (χ2v) is 6.54. The van der Waals surface area contributed by atoms with Crippen molar-refractivity contribution in [3.63, 3.8) is 0 Å². The molecule has 156 valence electrons. The molecule has 0 aliphatic carbocycles. The molecule has 0 heterocycles. The summed E-state index contributed by atoms with van der Waals surface area (Å²) in [7, 11) is 1.56. The van der Waals surface area contributed by atoms with Gasteiger partial charge in [0.05, 0.1) is 7.11 Å². The van der Waals surface area contributed by atoms with Crippen molar-refractivity contribution in [2.24, 2.45) is 0 Å². The van der Waals surface area contributed by atoms with Crippen molar-refractivity contribution in [1.29, 1.82) is 0 Å². The molecular formula is C22H27FN2O4. The van der Waals surface area contributed by atoms with E-state index in [-0.39, 0.29) is 19.1 Å². The second-order valence-electron chi connectivity index (χ2n) is 6.54. The van der Waals surface area contributed by atoms with Crippen molar-refractivity contribution in [3.05, 3.63) is 59.9 Å². The van der Waals surface area contributed by atoms with Crippen LogP contribution in [0, 0.1) is 5.82 Å². The Bertz CT molecular complexity index is 811. The quantitative estimate of drug-likeness (QED) is 0.663. The zero-order valence-electron chi connectivity index (χ0n) is 17.0. The Hall–Kier alpha value is -3.09. The predicted octanol–water partition coefficient (Wildman–Crippen LogP) is 3.16. The summed E-state index contributed by atoms with van der Waals surface area (Å²) in [6.07, 6.45) is 0.778. The lowest BCUT2D eigenvalue weighted by Gasteiger charge is -2.28. The molecule has 0 spiro atoms. The molecule has 2 rings (SSSR count).